The van der Waals surface area contributed by atoms with Gasteiger partial charge >= 0.3 is 5.97 Å². The Bertz CT molecular complexity index is 272. The normalized spacial score (nSPS) is 12.6. The minimum absolute atomic E-state index is 0.103. The van der Waals surface area contributed by atoms with Crippen molar-refractivity contribution in [3.63, 3.8) is 0 Å². The first-order valence-corrected chi connectivity index (χ1v) is 10.1. The molecule has 0 heterocycles. The van der Waals surface area contributed by atoms with Crippen LogP contribution >= 0.6 is 0 Å². The number of nitrogens with zero attached hydrogens (tertiary/aromatic N) is 1. The fourth-order valence-electron chi connectivity index (χ4n) is 1.30. The molecule has 0 aromatic carbocycles. The second-order valence-electron chi connectivity index (χ2n) is 5.29. The molecule has 0 saturated carbocycles. The first-order chi connectivity index (χ1) is 8.35. The van der Waals surface area contributed by atoms with E-state index in [4.69, 9.17) is 9.16 Å². The Morgan fingerprint density at radius 2 is 1.78 bits per heavy atom. The van der Waals surface area contributed by atoms with Crippen LogP contribution in [0, 0.1) is 0 Å². The first kappa shape index (κ1) is 17.3. The molecule has 0 aliphatic heterocycles. The van der Waals surface area contributed by atoms with Gasteiger partial charge in [0.15, 0.2) is 8.32 Å². The zero-order valence-corrected chi connectivity index (χ0v) is 13.4. The monoisotopic (exact) mass is 273 g/mol. The highest BCUT2D eigenvalue weighted by atomic mass is 28.4. The molecule has 0 N–H and O–H groups in total. The third kappa shape index (κ3) is 11.8. The van der Waals surface area contributed by atoms with Crippen molar-refractivity contribution in [3.05, 3.63) is 0 Å². The average Bonchev–Trinajstić information content (AvgIpc) is 2.23. The van der Waals surface area contributed by atoms with Gasteiger partial charge in [-0.05, 0) is 52.8 Å². The number of hydrogen-bond donors (Lipinski definition) is 0. The van der Waals surface area contributed by atoms with Gasteiger partial charge in [-0.2, -0.15) is 0 Å². The van der Waals surface area contributed by atoms with E-state index in [1.165, 1.54) is 0 Å². The predicted molar refractivity (Wildman–Crippen MR) is 77.5 cm³/mol. The average molecular weight is 273 g/mol. The van der Waals surface area contributed by atoms with Crippen LogP contribution < -0.4 is 0 Å². The quantitative estimate of drug-likeness (QED) is 0.280. The van der Waals surface area contributed by atoms with Gasteiger partial charge in [-0.25, -0.2) is 0 Å². The molecule has 0 saturated heterocycles. The van der Waals surface area contributed by atoms with E-state index in [-0.39, 0.29) is 5.97 Å². The van der Waals surface area contributed by atoms with Crippen LogP contribution in [0.5, 0.6) is 0 Å². The highest BCUT2D eigenvalue weighted by Gasteiger charge is 2.12. The Morgan fingerprint density at radius 1 is 1.17 bits per heavy atom. The van der Waals surface area contributed by atoms with Crippen molar-refractivity contribution < 1.29 is 14.0 Å². The minimum Gasteiger partial charge on any atom is -0.466 e. The predicted octanol–water partition coefficient (Wildman–Crippen LogP) is 3.38. The van der Waals surface area contributed by atoms with Crippen molar-refractivity contribution in [3.8, 4) is 0 Å². The van der Waals surface area contributed by atoms with Crippen LogP contribution in [0.1, 0.15) is 39.5 Å². The van der Waals surface area contributed by atoms with Crippen LogP contribution in [0.2, 0.25) is 19.6 Å². The maximum atomic E-state index is 11.1. The van der Waals surface area contributed by atoms with Gasteiger partial charge in [0.1, 0.15) is 6.73 Å². The van der Waals surface area contributed by atoms with Crippen molar-refractivity contribution in [1.29, 1.82) is 0 Å². The fraction of sp³-hybridized carbons (Fsp3) is 0.846. The van der Waals surface area contributed by atoms with Crippen LogP contribution in [0.3, 0.4) is 0 Å². The molecule has 0 radical (unpaired) electrons. The highest BCUT2D eigenvalue weighted by Crippen LogP contribution is 2.05. The summed E-state index contributed by atoms with van der Waals surface area (Å²) in [5.41, 5.74) is 1.09. The van der Waals surface area contributed by atoms with Crippen molar-refractivity contribution >= 4 is 20.0 Å². The Labute approximate surface area is 112 Å². The molecule has 106 valence electrons. The van der Waals surface area contributed by atoms with Crippen molar-refractivity contribution in [1.82, 2.24) is 0 Å². The molecule has 4 nitrogen and oxygen atoms in total. The molecule has 0 rings (SSSR count). The Balaban J connectivity index is 3.61. The number of aliphatic imine (C=N–C) groups is 1. The molecular weight excluding hydrogens is 246 g/mol. The van der Waals surface area contributed by atoms with Crippen LogP contribution in [-0.2, 0) is 14.0 Å². The van der Waals surface area contributed by atoms with Crippen LogP contribution in [0.4, 0.5) is 0 Å². The summed E-state index contributed by atoms with van der Waals surface area (Å²) in [5.74, 6) is -0.103. The van der Waals surface area contributed by atoms with E-state index in [9.17, 15) is 4.79 Å². The summed E-state index contributed by atoms with van der Waals surface area (Å²) in [6, 6.07) is 0. The lowest BCUT2D eigenvalue weighted by Crippen LogP contribution is -2.25. The van der Waals surface area contributed by atoms with E-state index >= 15 is 0 Å². The molecule has 0 fully saturated rings. The number of unbranched alkanes of at least 4 members (excludes halogenated alkanes) is 1. The summed E-state index contributed by atoms with van der Waals surface area (Å²) in [7, 11) is -1.45. The molecule has 0 aliphatic rings. The molecular formula is C13H27NO3Si. The van der Waals surface area contributed by atoms with Crippen molar-refractivity contribution in [2.45, 2.75) is 59.2 Å². The van der Waals surface area contributed by atoms with E-state index in [2.05, 4.69) is 24.6 Å². The summed E-state index contributed by atoms with van der Waals surface area (Å²) in [6.07, 6.45) is 3.27. The van der Waals surface area contributed by atoms with Gasteiger partial charge in [0.2, 0.25) is 0 Å². The van der Waals surface area contributed by atoms with Gasteiger partial charge in [0.05, 0.1) is 6.61 Å². The summed E-state index contributed by atoms with van der Waals surface area (Å²) < 4.78 is 10.5. The molecule has 0 aromatic rings. The number of rotatable bonds is 9. The second-order valence-corrected chi connectivity index (χ2v) is 9.80. The second kappa shape index (κ2) is 9.27. The van der Waals surface area contributed by atoms with Crippen LogP contribution in [0.15, 0.2) is 4.99 Å². The number of esters is 1. The SMILES string of the molecule is CCOC(=O)CCCC/C(C)=N/CO[Si](C)(C)C. The lowest BCUT2D eigenvalue weighted by molar-refractivity contribution is -0.143. The summed E-state index contributed by atoms with van der Waals surface area (Å²) in [6.45, 7) is 11.2. The third-order valence-electron chi connectivity index (χ3n) is 2.31. The topological polar surface area (TPSA) is 47.9 Å². The van der Waals surface area contributed by atoms with Crippen LogP contribution in [-0.4, -0.2) is 33.3 Å². The Hall–Kier alpha value is -0.683. The molecule has 0 amide bonds. The maximum Gasteiger partial charge on any atom is 0.305 e. The van der Waals surface area contributed by atoms with Crippen molar-refractivity contribution in [2.75, 3.05) is 13.3 Å². The molecule has 0 atom stereocenters. The standard InChI is InChI=1S/C13H27NO3Si/c1-6-16-13(15)10-8-7-9-12(2)14-11-17-18(3,4)5/h6-11H2,1-5H3/b14-12+. The summed E-state index contributed by atoms with van der Waals surface area (Å²) in [5, 5.41) is 0. The van der Waals surface area contributed by atoms with Gasteiger partial charge in [-0.15, -0.1) is 0 Å². The number of carbonyl (C=O) groups excluding carboxylic acids is 1. The third-order valence-corrected chi connectivity index (χ3v) is 3.30. The first-order valence-electron chi connectivity index (χ1n) is 6.64. The van der Waals surface area contributed by atoms with Crippen LogP contribution in [0.25, 0.3) is 0 Å². The number of carbonyl (C=O) groups is 1. The molecule has 0 unspecified atom stereocenters. The number of hydrogen-bond acceptors (Lipinski definition) is 4. The lowest BCUT2D eigenvalue weighted by atomic mass is 10.1. The smallest absolute Gasteiger partial charge is 0.305 e. The van der Waals surface area contributed by atoms with Crippen molar-refractivity contribution in [2.24, 2.45) is 4.99 Å². The minimum atomic E-state index is -1.45. The van der Waals surface area contributed by atoms with Gasteiger partial charge in [0.25, 0.3) is 0 Å². The van der Waals surface area contributed by atoms with E-state index in [0.717, 1.165) is 25.0 Å². The largest absolute Gasteiger partial charge is 0.466 e. The van der Waals surface area contributed by atoms with Gasteiger partial charge in [0, 0.05) is 12.1 Å². The Kier molecular flexibility index (Phi) is 8.92. The highest BCUT2D eigenvalue weighted by molar-refractivity contribution is 6.69. The molecule has 0 aromatic heterocycles. The molecule has 0 spiro atoms. The Morgan fingerprint density at radius 3 is 2.33 bits per heavy atom. The van der Waals surface area contributed by atoms with E-state index in [0.29, 0.717) is 19.8 Å². The molecule has 0 bridgehead atoms. The van der Waals surface area contributed by atoms with Gasteiger partial charge in [-0.1, -0.05) is 0 Å². The fourth-order valence-corrected chi connectivity index (χ4v) is 1.75. The molecule has 0 aliphatic carbocycles. The zero-order chi connectivity index (χ0) is 14.0. The summed E-state index contributed by atoms with van der Waals surface area (Å²) >= 11 is 0. The zero-order valence-electron chi connectivity index (χ0n) is 12.4. The number of ether oxygens (including phenoxy) is 1. The maximum absolute atomic E-state index is 11.1. The van der Waals surface area contributed by atoms with Gasteiger partial charge < -0.3 is 9.16 Å². The van der Waals surface area contributed by atoms with E-state index in [1.54, 1.807) is 0 Å². The molecule has 18 heavy (non-hydrogen) atoms. The van der Waals surface area contributed by atoms with Gasteiger partial charge in [-0.3, -0.25) is 9.79 Å². The van der Waals surface area contributed by atoms with E-state index < -0.39 is 8.32 Å². The van der Waals surface area contributed by atoms with E-state index in [1.807, 2.05) is 13.8 Å². The summed E-state index contributed by atoms with van der Waals surface area (Å²) in [4.78, 5) is 15.5. The molecule has 5 heteroatoms. The lowest BCUT2D eigenvalue weighted by Gasteiger charge is -2.15.